The summed E-state index contributed by atoms with van der Waals surface area (Å²) in [6.07, 6.45) is -5.26. The number of rotatable bonds is 2. The summed E-state index contributed by atoms with van der Waals surface area (Å²) in [7, 11) is 0. The van der Waals surface area contributed by atoms with Gasteiger partial charge < -0.3 is 14.9 Å². The predicted molar refractivity (Wildman–Crippen MR) is 51.0 cm³/mol. The molecule has 4 atom stereocenters. The van der Waals surface area contributed by atoms with Gasteiger partial charge in [0.05, 0.1) is 6.61 Å². The first-order valence-electron chi connectivity index (χ1n) is 4.81. The normalized spacial score (nSPS) is 32.9. The van der Waals surface area contributed by atoms with Gasteiger partial charge in [0.2, 0.25) is 0 Å². The van der Waals surface area contributed by atoms with E-state index in [4.69, 9.17) is 9.84 Å². The summed E-state index contributed by atoms with van der Waals surface area (Å²) in [5.74, 6) is 0. The van der Waals surface area contributed by atoms with Crippen molar-refractivity contribution >= 4 is 0 Å². The van der Waals surface area contributed by atoms with Crippen LogP contribution in [0.15, 0.2) is 15.8 Å². The monoisotopic (exact) mass is 247 g/mol. The Morgan fingerprint density at radius 2 is 2.29 bits per heavy atom. The molecule has 9 heteroatoms. The van der Waals surface area contributed by atoms with Gasteiger partial charge >= 0.3 is 5.69 Å². The molecule has 3 N–H and O–H groups in total. The molecule has 1 aromatic rings. The number of aromatic amines is 1. The van der Waals surface area contributed by atoms with Crippen LogP contribution >= 0.6 is 0 Å². The van der Waals surface area contributed by atoms with E-state index in [0.717, 1.165) is 6.20 Å². The van der Waals surface area contributed by atoms with Crippen molar-refractivity contribution < 1.29 is 19.3 Å². The molecule has 1 saturated heterocycles. The number of hydrogen-bond donors (Lipinski definition) is 3. The lowest BCUT2D eigenvalue weighted by atomic mass is 10.1. The summed E-state index contributed by atoms with van der Waals surface area (Å²) in [5.41, 5.74) is -1.64. The van der Waals surface area contributed by atoms with Crippen LogP contribution in [0.5, 0.6) is 0 Å². The molecule has 0 bridgehead atoms. The van der Waals surface area contributed by atoms with Gasteiger partial charge in [-0.2, -0.15) is 9.78 Å². The van der Waals surface area contributed by atoms with Gasteiger partial charge in [0.25, 0.3) is 5.56 Å². The summed E-state index contributed by atoms with van der Waals surface area (Å²) in [4.78, 5) is 24.0. The van der Waals surface area contributed by atoms with Gasteiger partial charge in [0, 0.05) is 0 Å². The second-order valence-electron chi connectivity index (χ2n) is 3.57. The van der Waals surface area contributed by atoms with E-state index >= 15 is 0 Å². The van der Waals surface area contributed by atoms with E-state index < -0.39 is 42.5 Å². The maximum Gasteiger partial charge on any atom is 0.347 e. The third kappa shape index (κ3) is 1.99. The SMILES string of the molecule is O=c1cnn(C2OC(CO)C(F)C2O)c(=O)[nH]1. The summed E-state index contributed by atoms with van der Waals surface area (Å²) < 4.78 is 18.9. The van der Waals surface area contributed by atoms with Crippen molar-refractivity contribution in [2.45, 2.75) is 24.6 Å². The summed E-state index contributed by atoms with van der Waals surface area (Å²) >= 11 is 0. The van der Waals surface area contributed by atoms with Crippen LogP contribution < -0.4 is 11.2 Å². The van der Waals surface area contributed by atoms with Crippen molar-refractivity contribution in [3.05, 3.63) is 27.0 Å². The Morgan fingerprint density at radius 1 is 1.59 bits per heavy atom. The number of halogens is 1. The molecule has 4 unspecified atom stereocenters. The minimum Gasteiger partial charge on any atom is -0.394 e. The zero-order valence-corrected chi connectivity index (χ0v) is 8.49. The molecule has 0 amide bonds. The van der Waals surface area contributed by atoms with Crippen molar-refractivity contribution in [2.75, 3.05) is 6.61 Å². The Morgan fingerprint density at radius 3 is 2.82 bits per heavy atom. The lowest BCUT2D eigenvalue weighted by Crippen LogP contribution is -2.38. The van der Waals surface area contributed by atoms with Crippen LogP contribution in [0.1, 0.15) is 6.23 Å². The molecule has 0 radical (unpaired) electrons. The molecule has 0 aliphatic carbocycles. The molecule has 1 aliphatic rings. The smallest absolute Gasteiger partial charge is 0.347 e. The Kier molecular flexibility index (Phi) is 3.05. The van der Waals surface area contributed by atoms with E-state index in [9.17, 15) is 19.1 Å². The van der Waals surface area contributed by atoms with Gasteiger partial charge in [-0.05, 0) is 0 Å². The number of H-pyrrole nitrogens is 1. The third-order valence-corrected chi connectivity index (χ3v) is 2.45. The first-order valence-corrected chi connectivity index (χ1v) is 4.81. The van der Waals surface area contributed by atoms with Crippen LogP contribution in [0, 0.1) is 0 Å². The van der Waals surface area contributed by atoms with Crippen molar-refractivity contribution in [1.29, 1.82) is 0 Å². The molecular weight excluding hydrogens is 237 g/mol. The second kappa shape index (κ2) is 4.35. The molecule has 0 spiro atoms. The fourth-order valence-corrected chi connectivity index (χ4v) is 1.60. The molecule has 0 aromatic carbocycles. The molecule has 0 saturated carbocycles. The molecule has 1 aliphatic heterocycles. The van der Waals surface area contributed by atoms with Crippen LogP contribution in [0.4, 0.5) is 4.39 Å². The fourth-order valence-electron chi connectivity index (χ4n) is 1.60. The Bertz CT molecular complexity index is 514. The van der Waals surface area contributed by atoms with E-state index in [1.54, 1.807) is 0 Å². The lowest BCUT2D eigenvalue weighted by molar-refractivity contribution is -0.0609. The van der Waals surface area contributed by atoms with Crippen molar-refractivity contribution in [1.82, 2.24) is 14.8 Å². The van der Waals surface area contributed by atoms with E-state index in [1.165, 1.54) is 0 Å². The third-order valence-electron chi connectivity index (χ3n) is 2.45. The van der Waals surface area contributed by atoms with E-state index in [2.05, 4.69) is 5.10 Å². The number of aliphatic hydroxyl groups excluding tert-OH is 2. The molecule has 1 fully saturated rings. The first-order chi connectivity index (χ1) is 8.04. The highest BCUT2D eigenvalue weighted by molar-refractivity contribution is 4.89. The van der Waals surface area contributed by atoms with Gasteiger partial charge in [-0.15, -0.1) is 0 Å². The molecule has 2 rings (SSSR count). The topological polar surface area (TPSA) is 117 Å². The average molecular weight is 247 g/mol. The molecule has 8 nitrogen and oxygen atoms in total. The quantitative estimate of drug-likeness (QED) is 0.532. The predicted octanol–water partition coefficient (Wildman–Crippen LogP) is -2.48. The minimum atomic E-state index is -1.83. The summed E-state index contributed by atoms with van der Waals surface area (Å²) in [5, 5.41) is 21.7. The van der Waals surface area contributed by atoms with Gasteiger partial charge in [-0.3, -0.25) is 9.78 Å². The molecule has 2 heterocycles. The van der Waals surface area contributed by atoms with E-state index in [0.29, 0.717) is 4.68 Å². The number of aromatic nitrogens is 3. The van der Waals surface area contributed by atoms with Crippen LogP contribution in [-0.2, 0) is 4.74 Å². The number of nitrogens with one attached hydrogen (secondary N) is 1. The Hall–Kier alpha value is -1.58. The Labute approximate surface area is 93.3 Å². The number of nitrogens with zero attached hydrogens (tertiary/aromatic N) is 2. The number of ether oxygens (including phenoxy) is 1. The zero-order valence-electron chi connectivity index (χ0n) is 8.49. The van der Waals surface area contributed by atoms with Crippen LogP contribution in [0.25, 0.3) is 0 Å². The molecule has 17 heavy (non-hydrogen) atoms. The largest absolute Gasteiger partial charge is 0.394 e. The first kappa shape index (κ1) is 11.9. The number of alkyl halides is 1. The van der Waals surface area contributed by atoms with Crippen LogP contribution in [0.2, 0.25) is 0 Å². The average Bonchev–Trinajstić information content (AvgIpc) is 2.57. The lowest BCUT2D eigenvalue weighted by Gasteiger charge is -2.14. The molecular formula is C8H10FN3O5. The maximum absolute atomic E-state index is 13.4. The maximum atomic E-state index is 13.4. The highest BCUT2D eigenvalue weighted by atomic mass is 19.1. The van der Waals surface area contributed by atoms with Crippen molar-refractivity contribution in [3.8, 4) is 0 Å². The van der Waals surface area contributed by atoms with Crippen molar-refractivity contribution in [3.63, 3.8) is 0 Å². The van der Waals surface area contributed by atoms with Gasteiger partial charge in [-0.1, -0.05) is 0 Å². The highest BCUT2D eigenvalue weighted by Gasteiger charge is 2.45. The fraction of sp³-hybridized carbons (Fsp3) is 0.625. The van der Waals surface area contributed by atoms with Gasteiger partial charge in [0.1, 0.15) is 18.4 Å². The van der Waals surface area contributed by atoms with Crippen molar-refractivity contribution in [2.24, 2.45) is 0 Å². The number of aliphatic hydroxyl groups is 2. The molecule has 1 aromatic heterocycles. The van der Waals surface area contributed by atoms with Crippen LogP contribution in [0.3, 0.4) is 0 Å². The zero-order chi connectivity index (χ0) is 12.6. The minimum absolute atomic E-state index is 0.619. The second-order valence-corrected chi connectivity index (χ2v) is 3.57. The van der Waals surface area contributed by atoms with Gasteiger partial charge in [0.15, 0.2) is 12.4 Å². The summed E-state index contributed by atoms with van der Waals surface area (Å²) in [6, 6.07) is 0. The van der Waals surface area contributed by atoms with E-state index in [1.807, 2.05) is 4.98 Å². The molecule has 94 valence electrons. The van der Waals surface area contributed by atoms with Crippen LogP contribution in [-0.4, -0.2) is 50.0 Å². The Balaban J connectivity index is 2.35. The summed E-state index contributed by atoms with van der Waals surface area (Å²) in [6.45, 7) is -0.632. The van der Waals surface area contributed by atoms with E-state index in [-0.39, 0.29) is 0 Å². The number of hydrogen-bond acceptors (Lipinski definition) is 6. The standard InChI is InChI=1S/C8H10FN3O5/c9-5-3(2-13)17-7(6(5)15)12-8(16)11-4(14)1-10-12/h1,3,5-7,13,15H,2H2,(H,11,14,16). The van der Waals surface area contributed by atoms with Gasteiger partial charge in [-0.25, -0.2) is 9.18 Å². The highest BCUT2D eigenvalue weighted by Crippen LogP contribution is 2.29.